The van der Waals surface area contributed by atoms with Crippen molar-refractivity contribution in [3.05, 3.63) is 53.1 Å². The molecule has 0 radical (unpaired) electrons. The number of rotatable bonds is 10. The summed E-state index contributed by atoms with van der Waals surface area (Å²) in [6.45, 7) is 10.7. The summed E-state index contributed by atoms with van der Waals surface area (Å²) in [4.78, 5) is 47.5. The molecule has 1 aromatic rings. The number of hydrogen-bond donors (Lipinski definition) is 0. The number of hydrogen-bond acceptors (Lipinski definition) is 8. The minimum absolute atomic E-state index is 0.0212. The van der Waals surface area contributed by atoms with Crippen LogP contribution in [0.4, 0.5) is 0 Å². The van der Waals surface area contributed by atoms with Gasteiger partial charge in [-0.3, -0.25) is 9.59 Å². The van der Waals surface area contributed by atoms with Gasteiger partial charge in [0.05, 0.1) is 12.5 Å². The van der Waals surface area contributed by atoms with Gasteiger partial charge in [-0.05, 0) is 62.4 Å². The van der Waals surface area contributed by atoms with Crippen LogP contribution in [0.5, 0.6) is 5.75 Å². The maximum absolute atomic E-state index is 12.8. The number of carbonyl (C=O) groups is 4. The minimum atomic E-state index is -0.701. The molecule has 35 heavy (non-hydrogen) atoms. The van der Waals surface area contributed by atoms with Crippen molar-refractivity contribution in [3.8, 4) is 5.75 Å². The van der Waals surface area contributed by atoms with Gasteiger partial charge in [-0.25, -0.2) is 9.59 Å². The van der Waals surface area contributed by atoms with Crippen LogP contribution in [-0.2, 0) is 28.6 Å². The van der Waals surface area contributed by atoms with Crippen molar-refractivity contribution < 1.29 is 38.1 Å². The molecule has 188 valence electrons. The monoisotopic (exact) mass is 484 g/mol. The van der Waals surface area contributed by atoms with Gasteiger partial charge in [0.25, 0.3) is 0 Å². The van der Waals surface area contributed by atoms with E-state index in [1.165, 1.54) is 13.8 Å². The van der Waals surface area contributed by atoms with E-state index in [0.29, 0.717) is 42.8 Å². The molecule has 8 nitrogen and oxygen atoms in total. The third kappa shape index (κ3) is 6.38. The summed E-state index contributed by atoms with van der Waals surface area (Å²) in [6, 6.07) is 6.49. The van der Waals surface area contributed by atoms with E-state index < -0.39 is 30.1 Å². The van der Waals surface area contributed by atoms with E-state index in [4.69, 9.17) is 18.9 Å². The molecule has 0 saturated carbocycles. The van der Waals surface area contributed by atoms with Crippen molar-refractivity contribution in [1.29, 1.82) is 0 Å². The Morgan fingerprint density at radius 1 is 1.17 bits per heavy atom. The van der Waals surface area contributed by atoms with Gasteiger partial charge < -0.3 is 18.9 Å². The maximum Gasteiger partial charge on any atom is 0.344 e. The molecule has 1 saturated heterocycles. The summed E-state index contributed by atoms with van der Waals surface area (Å²) in [7, 11) is 0. The lowest BCUT2D eigenvalue weighted by atomic mass is 9.73. The third-order valence-electron chi connectivity index (χ3n) is 6.45. The zero-order valence-corrected chi connectivity index (χ0v) is 20.6. The van der Waals surface area contributed by atoms with Gasteiger partial charge in [0.15, 0.2) is 12.4 Å². The molecular weight excluding hydrogens is 452 g/mol. The van der Waals surface area contributed by atoms with Crippen LogP contribution < -0.4 is 4.74 Å². The molecule has 0 spiro atoms. The lowest BCUT2D eigenvalue weighted by Gasteiger charge is -2.37. The summed E-state index contributed by atoms with van der Waals surface area (Å²) < 4.78 is 22.0. The van der Waals surface area contributed by atoms with Crippen molar-refractivity contribution in [2.24, 2.45) is 11.8 Å². The smallest absolute Gasteiger partial charge is 0.344 e. The van der Waals surface area contributed by atoms with E-state index in [-0.39, 0.29) is 24.3 Å². The zero-order chi connectivity index (χ0) is 25.7. The van der Waals surface area contributed by atoms with Crippen LogP contribution in [0.1, 0.15) is 57.3 Å². The van der Waals surface area contributed by atoms with Gasteiger partial charge in [-0.15, -0.1) is 0 Å². The minimum Gasteiger partial charge on any atom is -0.482 e. The van der Waals surface area contributed by atoms with E-state index in [2.05, 4.69) is 6.58 Å². The topological polar surface area (TPSA) is 105 Å². The molecule has 0 N–H and O–H groups in total. The summed E-state index contributed by atoms with van der Waals surface area (Å²) >= 11 is 0. The van der Waals surface area contributed by atoms with E-state index in [0.717, 1.165) is 11.1 Å². The van der Waals surface area contributed by atoms with Crippen molar-refractivity contribution >= 4 is 23.7 Å². The molecule has 3 rings (SSSR count). The molecule has 1 aliphatic carbocycles. The molecule has 1 heterocycles. The number of benzene rings is 1. The van der Waals surface area contributed by atoms with Crippen molar-refractivity contribution in [3.63, 3.8) is 0 Å². The van der Waals surface area contributed by atoms with Crippen LogP contribution >= 0.6 is 0 Å². The summed E-state index contributed by atoms with van der Waals surface area (Å²) in [6.07, 6.45) is 0.789. The fourth-order valence-corrected chi connectivity index (χ4v) is 4.75. The SMILES string of the molecule is C=C1C(=O)O[C@@H]2CC(C)=C([C@@H](C)CCCOC(C)=O)C(OC(=O)COc3ccc(C(C)=O)cc3)[C@H]12. The molecule has 1 aliphatic heterocycles. The largest absolute Gasteiger partial charge is 0.482 e. The Balaban J connectivity index is 1.72. The molecule has 4 atom stereocenters. The molecule has 1 fully saturated rings. The van der Waals surface area contributed by atoms with Gasteiger partial charge in [-0.1, -0.05) is 19.1 Å². The van der Waals surface area contributed by atoms with Crippen LogP contribution in [0.2, 0.25) is 0 Å². The Kier molecular flexibility index (Phi) is 8.48. The zero-order valence-electron chi connectivity index (χ0n) is 20.6. The van der Waals surface area contributed by atoms with Gasteiger partial charge in [0, 0.05) is 24.5 Å². The second kappa shape index (κ2) is 11.3. The van der Waals surface area contributed by atoms with E-state index >= 15 is 0 Å². The number of fused-ring (bicyclic) bond motifs is 1. The van der Waals surface area contributed by atoms with E-state index in [9.17, 15) is 19.2 Å². The highest BCUT2D eigenvalue weighted by Crippen LogP contribution is 2.45. The van der Waals surface area contributed by atoms with Crippen LogP contribution in [0.3, 0.4) is 0 Å². The van der Waals surface area contributed by atoms with Gasteiger partial charge in [0.2, 0.25) is 0 Å². The van der Waals surface area contributed by atoms with Crippen molar-refractivity contribution in [2.45, 2.75) is 59.2 Å². The average molecular weight is 485 g/mol. The molecule has 2 aliphatic rings. The summed E-state index contributed by atoms with van der Waals surface area (Å²) in [5, 5.41) is 0. The first-order valence-corrected chi connectivity index (χ1v) is 11.7. The molecule has 1 unspecified atom stereocenters. The quantitative estimate of drug-likeness (QED) is 0.123. The first-order valence-electron chi connectivity index (χ1n) is 11.7. The summed E-state index contributed by atoms with van der Waals surface area (Å²) in [5.41, 5.74) is 2.79. The van der Waals surface area contributed by atoms with Crippen LogP contribution in [0, 0.1) is 11.8 Å². The second-order valence-electron chi connectivity index (χ2n) is 9.10. The third-order valence-corrected chi connectivity index (χ3v) is 6.45. The molecule has 1 aromatic carbocycles. The molecule has 0 amide bonds. The van der Waals surface area contributed by atoms with E-state index in [1.54, 1.807) is 24.3 Å². The van der Waals surface area contributed by atoms with Crippen molar-refractivity contribution in [1.82, 2.24) is 0 Å². The van der Waals surface area contributed by atoms with Crippen LogP contribution in [0.15, 0.2) is 47.6 Å². The predicted octanol–water partition coefficient (Wildman–Crippen LogP) is 3.98. The number of ether oxygens (including phenoxy) is 4. The second-order valence-corrected chi connectivity index (χ2v) is 9.10. The molecule has 8 heteroatoms. The van der Waals surface area contributed by atoms with E-state index in [1.807, 2.05) is 13.8 Å². The fourth-order valence-electron chi connectivity index (χ4n) is 4.75. The number of ketones is 1. The Bertz CT molecular complexity index is 1040. The number of Topliss-reactive ketones (excluding diaryl/α,β-unsaturated/α-hetero) is 1. The molecule has 0 bridgehead atoms. The molecule has 0 aromatic heterocycles. The van der Waals surface area contributed by atoms with Gasteiger partial charge in [-0.2, -0.15) is 0 Å². The number of esters is 3. The fraction of sp³-hybridized carbons (Fsp3) is 0.481. The highest BCUT2D eigenvalue weighted by atomic mass is 16.6. The first kappa shape index (κ1) is 26.2. The Labute approximate surface area is 205 Å². The Morgan fingerprint density at radius 3 is 2.49 bits per heavy atom. The maximum atomic E-state index is 12.8. The Morgan fingerprint density at radius 2 is 1.86 bits per heavy atom. The van der Waals surface area contributed by atoms with Crippen LogP contribution in [-0.4, -0.2) is 49.1 Å². The first-order chi connectivity index (χ1) is 16.6. The highest BCUT2D eigenvalue weighted by Gasteiger charge is 2.50. The summed E-state index contributed by atoms with van der Waals surface area (Å²) in [5.74, 6) is -1.45. The van der Waals surface area contributed by atoms with Crippen LogP contribution in [0.25, 0.3) is 0 Å². The molecular formula is C27H32O8. The Hall–Kier alpha value is -3.42. The number of carbonyl (C=O) groups excluding carboxylic acids is 4. The lowest BCUT2D eigenvalue weighted by molar-refractivity contribution is -0.153. The predicted molar refractivity (Wildman–Crippen MR) is 127 cm³/mol. The highest BCUT2D eigenvalue weighted by molar-refractivity contribution is 5.94. The normalized spacial score (nSPS) is 22.2. The van der Waals surface area contributed by atoms with Crippen molar-refractivity contribution in [2.75, 3.05) is 13.2 Å². The average Bonchev–Trinajstić information content (AvgIpc) is 3.08. The van der Waals surface area contributed by atoms with Gasteiger partial charge >= 0.3 is 17.9 Å². The lowest BCUT2D eigenvalue weighted by Crippen LogP contribution is -2.41. The standard InChI is InChI=1S/C27H32O8/c1-15(7-6-12-32-19(5)29)24-16(2)13-22-25(17(3)27(31)34-22)26(24)35-23(30)14-33-21-10-8-20(9-11-21)18(4)28/h8-11,15,22,25-26H,3,6-7,12-14H2,1-2,4-5H3/t15-,22+,25+,26?/m0/s1. The van der Waals surface area contributed by atoms with Gasteiger partial charge in [0.1, 0.15) is 18.0 Å².